The number of amides is 2. The second-order valence-electron chi connectivity index (χ2n) is 5.93. The number of urea groups is 1. The number of hydrogen-bond donors (Lipinski definition) is 3. The van der Waals surface area contributed by atoms with Crippen molar-refractivity contribution in [3.05, 3.63) is 66.5 Å². The number of hydrogen-bond acceptors (Lipinski definition) is 5. The first kappa shape index (κ1) is 19.2. The minimum atomic E-state index is -0.843. The van der Waals surface area contributed by atoms with E-state index in [4.69, 9.17) is 9.47 Å². The van der Waals surface area contributed by atoms with Crippen molar-refractivity contribution in [1.82, 2.24) is 15.1 Å². The standard InChI is InChI=1S/C20H22N4O4/c1-27-18-6-3-5-16(19(18)28-2)23-20(26)21-13-17(25)14-7-9-15(10-8-14)24-12-4-11-22-24/h3-12,17,25H,13H2,1-2H3,(H2,21,23,26). The number of para-hydroxylation sites is 1. The molecule has 0 saturated carbocycles. The molecule has 1 atom stereocenters. The number of benzene rings is 2. The summed E-state index contributed by atoms with van der Waals surface area (Å²) in [6.45, 7) is 0.0548. The molecule has 0 spiro atoms. The molecule has 1 unspecified atom stereocenters. The van der Waals surface area contributed by atoms with E-state index in [1.807, 2.05) is 24.4 Å². The number of ether oxygens (including phenoxy) is 2. The van der Waals surface area contributed by atoms with Crippen LogP contribution in [0.3, 0.4) is 0 Å². The van der Waals surface area contributed by atoms with Gasteiger partial charge in [0.2, 0.25) is 0 Å². The van der Waals surface area contributed by atoms with Gasteiger partial charge in [-0.25, -0.2) is 9.48 Å². The van der Waals surface area contributed by atoms with Crippen LogP contribution in [0.2, 0.25) is 0 Å². The monoisotopic (exact) mass is 382 g/mol. The number of nitrogens with zero attached hydrogens (tertiary/aromatic N) is 2. The van der Waals surface area contributed by atoms with E-state index in [1.165, 1.54) is 14.2 Å². The Kier molecular flexibility index (Phi) is 6.13. The van der Waals surface area contributed by atoms with Crippen molar-refractivity contribution in [3.8, 4) is 17.2 Å². The third kappa shape index (κ3) is 4.41. The highest BCUT2D eigenvalue weighted by atomic mass is 16.5. The van der Waals surface area contributed by atoms with Gasteiger partial charge in [0.05, 0.1) is 31.7 Å². The molecule has 28 heavy (non-hydrogen) atoms. The number of aliphatic hydroxyl groups excluding tert-OH is 1. The first-order valence-corrected chi connectivity index (χ1v) is 8.66. The summed E-state index contributed by atoms with van der Waals surface area (Å²) >= 11 is 0. The quantitative estimate of drug-likeness (QED) is 0.584. The fraction of sp³-hybridized carbons (Fsp3) is 0.200. The van der Waals surface area contributed by atoms with Crippen LogP contribution in [0, 0.1) is 0 Å². The van der Waals surface area contributed by atoms with Crippen molar-refractivity contribution in [2.75, 3.05) is 26.1 Å². The minimum absolute atomic E-state index is 0.0548. The van der Waals surface area contributed by atoms with Gasteiger partial charge in [-0.3, -0.25) is 0 Å². The molecule has 0 aliphatic heterocycles. The Labute approximate surface area is 162 Å². The molecule has 2 amide bonds. The van der Waals surface area contributed by atoms with Crippen LogP contribution < -0.4 is 20.1 Å². The van der Waals surface area contributed by atoms with Gasteiger partial charge in [-0.05, 0) is 35.9 Å². The molecule has 0 aliphatic rings. The third-order valence-corrected chi connectivity index (χ3v) is 4.15. The molecule has 1 aromatic heterocycles. The number of carbonyl (C=O) groups excluding carboxylic acids is 1. The van der Waals surface area contributed by atoms with E-state index in [-0.39, 0.29) is 6.54 Å². The summed E-state index contributed by atoms with van der Waals surface area (Å²) in [5.41, 5.74) is 2.05. The van der Waals surface area contributed by atoms with Crippen LogP contribution in [-0.4, -0.2) is 41.7 Å². The largest absolute Gasteiger partial charge is 0.493 e. The molecule has 8 heteroatoms. The van der Waals surface area contributed by atoms with E-state index < -0.39 is 12.1 Å². The number of aliphatic hydroxyl groups is 1. The lowest BCUT2D eigenvalue weighted by Gasteiger charge is -2.16. The topological polar surface area (TPSA) is 97.6 Å². The third-order valence-electron chi connectivity index (χ3n) is 4.15. The first-order chi connectivity index (χ1) is 13.6. The highest BCUT2D eigenvalue weighted by molar-refractivity contribution is 5.91. The zero-order valence-corrected chi connectivity index (χ0v) is 15.6. The summed E-state index contributed by atoms with van der Waals surface area (Å²) in [7, 11) is 3.02. The van der Waals surface area contributed by atoms with Gasteiger partial charge >= 0.3 is 6.03 Å². The predicted molar refractivity (Wildman–Crippen MR) is 105 cm³/mol. The van der Waals surface area contributed by atoms with Crippen molar-refractivity contribution >= 4 is 11.7 Å². The molecule has 1 heterocycles. The van der Waals surface area contributed by atoms with Crippen molar-refractivity contribution < 1.29 is 19.4 Å². The van der Waals surface area contributed by atoms with E-state index in [9.17, 15) is 9.90 Å². The van der Waals surface area contributed by atoms with Crippen LogP contribution in [0.25, 0.3) is 5.69 Å². The van der Waals surface area contributed by atoms with Gasteiger partial charge in [0.15, 0.2) is 11.5 Å². The van der Waals surface area contributed by atoms with Gasteiger partial charge < -0.3 is 25.2 Å². The summed E-state index contributed by atoms with van der Waals surface area (Å²) in [5, 5.41) is 19.8. The average Bonchev–Trinajstić information content (AvgIpc) is 3.26. The Bertz CT molecular complexity index is 910. The highest BCUT2D eigenvalue weighted by Gasteiger charge is 2.14. The molecule has 8 nitrogen and oxygen atoms in total. The van der Waals surface area contributed by atoms with Gasteiger partial charge in [-0.1, -0.05) is 18.2 Å². The number of anilines is 1. The van der Waals surface area contributed by atoms with Gasteiger partial charge in [-0.2, -0.15) is 5.10 Å². The summed E-state index contributed by atoms with van der Waals surface area (Å²) in [4.78, 5) is 12.2. The van der Waals surface area contributed by atoms with Gasteiger partial charge in [0.25, 0.3) is 0 Å². The van der Waals surface area contributed by atoms with Gasteiger partial charge in [-0.15, -0.1) is 0 Å². The molecule has 3 aromatic rings. The predicted octanol–water partition coefficient (Wildman–Crippen LogP) is 2.74. The normalized spacial score (nSPS) is 11.5. The Balaban J connectivity index is 1.57. The number of carbonyl (C=O) groups is 1. The van der Waals surface area contributed by atoms with E-state index in [1.54, 1.807) is 41.2 Å². The van der Waals surface area contributed by atoms with Crippen molar-refractivity contribution in [2.45, 2.75) is 6.10 Å². The summed E-state index contributed by atoms with van der Waals surface area (Å²) < 4.78 is 12.2. The van der Waals surface area contributed by atoms with Gasteiger partial charge in [0.1, 0.15) is 0 Å². The molecule has 3 N–H and O–H groups in total. The van der Waals surface area contributed by atoms with E-state index in [0.29, 0.717) is 22.7 Å². The second kappa shape index (κ2) is 8.92. The van der Waals surface area contributed by atoms with Crippen molar-refractivity contribution in [2.24, 2.45) is 0 Å². The second-order valence-corrected chi connectivity index (χ2v) is 5.93. The number of aromatic nitrogens is 2. The molecule has 0 saturated heterocycles. The summed E-state index contributed by atoms with van der Waals surface area (Å²) in [5.74, 6) is 0.938. The molecule has 0 radical (unpaired) electrons. The van der Waals surface area contributed by atoms with Crippen LogP contribution in [-0.2, 0) is 0 Å². The number of methoxy groups -OCH3 is 2. The Morgan fingerprint density at radius 1 is 1.14 bits per heavy atom. The van der Waals surface area contributed by atoms with Crippen molar-refractivity contribution in [1.29, 1.82) is 0 Å². The van der Waals surface area contributed by atoms with Crippen LogP contribution in [0.1, 0.15) is 11.7 Å². The Morgan fingerprint density at radius 2 is 1.93 bits per heavy atom. The molecule has 3 rings (SSSR count). The maximum absolute atomic E-state index is 12.2. The highest BCUT2D eigenvalue weighted by Crippen LogP contribution is 2.34. The van der Waals surface area contributed by atoms with Crippen LogP contribution in [0.15, 0.2) is 60.9 Å². The van der Waals surface area contributed by atoms with E-state index in [2.05, 4.69) is 15.7 Å². The van der Waals surface area contributed by atoms with Crippen molar-refractivity contribution in [3.63, 3.8) is 0 Å². The SMILES string of the molecule is COc1cccc(NC(=O)NCC(O)c2ccc(-n3cccn3)cc2)c1OC. The zero-order chi connectivity index (χ0) is 19.9. The molecular formula is C20H22N4O4. The molecule has 0 aliphatic carbocycles. The Hall–Kier alpha value is -3.52. The molecular weight excluding hydrogens is 360 g/mol. The molecule has 146 valence electrons. The number of rotatable bonds is 7. The van der Waals surface area contributed by atoms with Crippen LogP contribution in [0.4, 0.5) is 10.5 Å². The van der Waals surface area contributed by atoms with Gasteiger partial charge in [0, 0.05) is 18.9 Å². The van der Waals surface area contributed by atoms with E-state index >= 15 is 0 Å². The Morgan fingerprint density at radius 3 is 2.57 bits per heavy atom. The molecule has 0 fully saturated rings. The lowest BCUT2D eigenvalue weighted by Crippen LogP contribution is -2.32. The lowest BCUT2D eigenvalue weighted by atomic mass is 10.1. The maximum Gasteiger partial charge on any atom is 0.319 e. The van der Waals surface area contributed by atoms with E-state index in [0.717, 1.165) is 5.69 Å². The fourth-order valence-corrected chi connectivity index (χ4v) is 2.73. The maximum atomic E-state index is 12.2. The lowest BCUT2D eigenvalue weighted by molar-refractivity contribution is 0.175. The van der Waals surface area contributed by atoms with Crippen LogP contribution in [0.5, 0.6) is 11.5 Å². The number of nitrogens with one attached hydrogen (secondary N) is 2. The molecule has 2 aromatic carbocycles. The smallest absolute Gasteiger partial charge is 0.319 e. The minimum Gasteiger partial charge on any atom is -0.493 e. The summed E-state index contributed by atoms with van der Waals surface area (Å²) in [6, 6.07) is 13.9. The summed E-state index contributed by atoms with van der Waals surface area (Å²) in [6.07, 6.45) is 2.69. The zero-order valence-electron chi connectivity index (χ0n) is 15.6. The fourth-order valence-electron chi connectivity index (χ4n) is 2.73. The van der Waals surface area contributed by atoms with Crippen LogP contribution >= 0.6 is 0 Å². The first-order valence-electron chi connectivity index (χ1n) is 8.66. The molecule has 0 bridgehead atoms. The average molecular weight is 382 g/mol.